The van der Waals surface area contributed by atoms with Gasteiger partial charge < -0.3 is 14.0 Å². The highest BCUT2D eigenvalue weighted by Gasteiger charge is 2.43. The molecule has 0 aliphatic carbocycles. The van der Waals surface area contributed by atoms with Crippen molar-refractivity contribution in [2.75, 3.05) is 20.3 Å². The predicted octanol–water partition coefficient (Wildman–Crippen LogP) is 6.70. The van der Waals surface area contributed by atoms with Gasteiger partial charge in [-0.2, -0.15) is 0 Å². The van der Waals surface area contributed by atoms with E-state index >= 15 is 4.39 Å². The number of hydrogen-bond acceptors (Lipinski definition) is 5. The highest BCUT2D eigenvalue weighted by atomic mass is 79.9. The minimum atomic E-state index is -1.43. The van der Waals surface area contributed by atoms with E-state index < -0.39 is 16.1 Å². The average molecular weight is 557 g/mol. The third kappa shape index (κ3) is 6.98. The van der Waals surface area contributed by atoms with Crippen LogP contribution in [-0.2, 0) is 21.9 Å². The number of thioether (sulfide) groups is 1. The van der Waals surface area contributed by atoms with Gasteiger partial charge in [0, 0.05) is 34.1 Å². The molecule has 1 aliphatic heterocycles. The maximum Gasteiger partial charge on any atom is 0.144 e. The first-order valence-electron chi connectivity index (χ1n) is 10.9. The number of hydrogen-bond donors (Lipinski definition) is 0. The molecule has 4 nitrogen and oxygen atoms in total. The molecule has 0 radical (unpaired) electrons. The topological polar surface area (TPSA) is 53.9 Å². The molecule has 3 rings (SSSR count). The van der Waals surface area contributed by atoms with Gasteiger partial charge in [-0.15, -0.1) is 11.8 Å². The second kappa shape index (κ2) is 11.6. The molecule has 180 valence electrons. The Balaban J connectivity index is 1.99. The Morgan fingerprint density at radius 2 is 1.91 bits per heavy atom. The summed E-state index contributed by atoms with van der Waals surface area (Å²) in [5.41, 5.74) is 1.72. The van der Waals surface area contributed by atoms with E-state index in [4.69, 9.17) is 9.47 Å². The molecule has 2 aromatic carbocycles. The standard InChI is InChI=1S/C25H31BrFNO3S2/c1-24(2,3)33(29)28-16-22(21-15-19(26)7-10-23(21)27)25(11-13-31-14-12-25)32-17-18-5-8-20(30-4)9-6-18/h5-10,15-16,22H,11-14,17H2,1-4H3/b28-16-. The van der Waals surface area contributed by atoms with Gasteiger partial charge in [-0.05, 0) is 75.1 Å². The zero-order valence-electron chi connectivity index (χ0n) is 19.5. The van der Waals surface area contributed by atoms with E-state index in [1.807, 2.05) is 39.0 Å². The zero-order chi connectivity index (χ0) is 24.1. The summed E-state index contributed by atoms with van der Waals surface area (Å²) >= 11 is 3.86. The lowest BCUT2D eigenvalue weighted by atomic mass is 9.80. The van der Waals surface area contributed by atoms with E-state index in [2.05, 4.69) is 32.5 Å². The molecule has 0 spiro atoms. The Hall–Kier alpha value is -1.06. The molecule has 2 atom stereocenters. The van der Waals surface area contributed by atoms with Crippen LogP contribution in [0.1, 0.15) is 50.7 Å². The third-order valence-electron chi connectivity index (χ3n) is 5.71. The molecule has 0 bridgehead atoms. The Bertz CT molecular complexity index is 944. The van der Waals surface area contributed by atoms with Crippen molar-refractivity contribution in [3.05, 3.63) is 63.9 Å². The van der Waals surface area contributed by atoms with Gasteiger partial charge in [-0.1, -0.05) is 32.5 Å². The van der Waals surface area contributed by atoms with E-state index in [1.165, 1.54) is 6.07 Å². The second-order valence-corrected chi connectivity index (χ2v) is 13.3. The lowest BCUT2D eigenvalue weighted by Crippen LogP contribution is -2.41. The molecule has 2 aromatic rings. The Labute approximate surface area is 212 Å². The fourth-order valence-electron chi connectivity index (χ4n) is 3.74. The number of halogens is 2. The van der Waals surface area contributed by atoms with Crippen molar-refractivity contribution in [3.63, 3.8) is 0 Å². The molecular formula is C25H31BrFNO3S2. The fourth-order valence-corrected chi connectivity index (χ4v) is 6.13. The van der Waals surface area contributed by atoms with Gasteiger partial charge in [0.2, 0.25) is 0 Å². The minimum Gasteiger partial charge on any atom is -0.591 e. The molecule has 33 heavy (non-hydrogen) atoms. The molecule has 0 amide bonds. The maximum absolute atomic E-state index is 15.1. The van der Waals surface area contributed by atoms with Crippen molar-refractivity contribution in [2.45, 2.75) is 54.8 Å². The van der Waals surface area contributed by atoms with E-state index in [0.29, 0.717) is 18.8 Å². The van der Waals surface area contributed by atoms with Crippen LogP contribution < -0.4 is 4.74 Å². The fraction of sp³-hybridized carbons (Fsp3) is 0.480. The first-order chi connectivity index (χ1) is 15.6. The molecule has 1 fully saturated rings. The number of ether oxygens (including phenoxy) is 2. The molecule has 8 heteroatoms. The zero-order valence-corrected chi connectivity index (χ0v) is 22.7. The van der Waals surface area contributed by atoms with Crippen molar-refractivity contribution in [2.24, 2.45) is 4.40 Å². The molecule has 0 saturated carbocycles. The number of nitrogens with zero attached hydrogens (tertiary/aromatic N) is 1. The van der Waals surface area contributed by atoms with Crippen molar-refractivity contribution in [3.8, 4) is 5.75 Å². The highest BCUT2D eigenvalue weighted by Crippen LogP contribution is 2.48. The number of rotatable bonds is 8. The lowest BCUT2D eigenvalue weighted by molar-refractivity contribution is 0.0753. The minimum absolute atomic E-state index is 0.285. The van der Waals surface area contributed by atoms with Gasteiger partial charge in [0.1, 0.15) is 27.7 Å². The molecular weight excluding hydrogens is 525 g/mol. The van der Waals surface area contributed by atoms with Crippen LogP contribution in [0, 0.1) is 5.82 Å². The molecule has 2 unspecified atom stereocenters. The lowest BCUT2D eigenvalue weighted by Gasteiger charge is -2.42. The summed E-state index contributed by atoms with van der Waals surface area (Å²) in [6.07, 6.45) is 3.22. The van der Waals surface area contributed by atoms with E-state index in [0.717, 1.165) is 34.4 Å². The van der Waals surface area contributed by atoms with Crippen LogP contribution in [0.25, 0.3) is 0 Å². The summed E-state index contributed by atoms with van der Waals surface area (Å²) in [5.74, 6) is 0.933. The summed E-state index contributed by atoms with van der Waals surface area (Å²) in [7, 11) is 1.65. The first kappa shape index (κ1) is 26.5. The van der Waals surface area contributed by atoms with Crippen LogP contribution in [0.2, 0.25) is 0 Å². The van der Waals surface area contributed by atoms with Crippen LogP contribution in [0.15, 0.2) is 51.3 Å². The van der Waals surface area contributed by atoms with E-state index in [1.54, 1.807) is 31.2 Å². The van der Waals surface area contributed by atoms with Crippen LogP contribution >= 0.6 is 27.7 Å². The predicted molar refractivity (Wildman–Crippen MR) is 140 cm³/mol. The average Bonchev–Trinajstić information content (AvgIpc) is 2.80. The van der Waals surface area contributed by atoms with Gasteiger partial charge in [0.25, 0.3) is 0 Å². The Morgan fingerprint density at radius 3 is 2.52 bits per heavy atom. The van der Waals surface area contributed by atoms with Crippen LogP contribution in [0.4, 0.5) is 4.39 Å². The molecule has 1 heterocycles. The van der Waals surface area contributed by atoms with Crippen molar-refractivity contribution < 1.29 is 18.4 Å². The summed E-state index contributed by atoms with van der Waals surface area (Å²) in [5, 5.41) is 0. The largest absolute Gasteiger partial charge is 0.591 e. The van der Waals surface area contributed by atoms with Gasteiger partial charge in [-0.25, -0.2) is 4.39 Å². The monoisotopic (exact) mass is 555 g/mol. The van der Waals surface area contributed by atoms with Gasteiger partial charge >= 0.3 is 0 Å². The Kier molecular flexibility index (Phi) is 9.31. The highest BCUT2D eigenvalue weighted by molar-refractivity contribution is 9.10. The quantitative estimate of drug-likeness (QED) is 0.268. The van der Waals surface area contributed by atoms with E-state index in [-0.39, 0.29) is 16.5 Å². The van der Waals surface area contributed by atoms with Gasteiger partial charge in [0.15, 0.2) is 0 Å². The van der Waals surface area contributed by atoms with E-state index in [9.17, 15) is 4.55 Å². The van der Waals surface area contributed by atoms with Crippen molar-refractivity contribution >= 4 is 45.3 Å². The van der Waals surface area contributed by atoms with Crippen LogP contribution in [0.3, 0.4) is 0 Å². The van der Waals surface area contributed by atoms with Crippen LogP contribution in [0.5, 0.6) is 5.75 Å². The SMILES string of the molecule is COc1ccc(CSC2(C(/C=N\[S+]([O-])C(C)(C)C)c3cc(Br)ccc3F)CCOCC2)cc1. The van der Waals surface area contributed by atoms with Crippen LogP contribution in [-0.4, -0.2) is 40.6 Å². The Morgan fingerprint density at radius 1 is 1.24 bits per heavy atom. The summed E-state index contributed by atoms with van der Waals surface area (Å²) < 4.78 is 43.2. The maximum atomic E-state index is 15.1. The number of methoxy groups -OCH3 is 1. The first-order valence-corrected chi connectivity index (χ1v) is 13.8. The van der Waals surface area contributed by atoms with Crippen molar-refractivity contribution in [1.82, 2.24) is 0 Å². The van der Waals surface area contributed by atoms with Gasteiger partial charge in [-0.3, -0.25) is 0 Å². The summed E-state index contributed by atoms with van der Waals surface area (Å²) in [6.45, 7) is 6.85. The third-order valence-corrected chi connectivity index (χ3v) is 9.28. The summed E-state index contributed by atoms with van der Waals surface area (Å²) in [6, 6.07) is 13.0. The normalized spacial score (nSPS) is 18.3. The van der Waals surface area contributed by atoms with Crippen molar-refractivity contribution in [1.29, 1.82) is 0 Å². The molecule has 0 N–H and O–H groups in total. The second-order valence-electron chi connectivity index (χ2n) is 9.07. The molecule has 0 aromatic heterocycles. The molecule has 1 saturated heterocycles. The molecule has 1 aliphatic rings. The van der Waals surface area contributed by atoms with Gasteiger partial charge in [0.05, 0.1) is 13.3 Å². The smallest absolute Gasteiger partial charge is 0.144 e. The number of benzene rings is 2. The summed E-state index contributed by atoms with van der Waals surface area (Å²) in [4.78, 5) is 0.